The van der Waals surface area contributed by atoms with E-state index in [9.17, 15) is 18.4 Å². The van der Waals surface area contributed by atoms with Gasteiger partial charge in [0.2, 0.25) is 5.91 Å². The molecule has 0 bridgehead atoms. The molecule has 0 unspecified atom stereocenters. The van der Waals surface area contributed by atoms with Gasteiger partial charge in [0, 0.05) is 12.3 Å². The molecular weight excluding hydrogens is 312 g/mol. The molecule has 2 rings (SSSR count). The third kappa shape index (κ3) is 3.85. The lowest BCUT2D eigenvalue weighted by molar-refractivity contribution is -0.114. The Morgan fingerprint density at radius 2 is 2.00 bits per heavy atom. The summed E-state index contributed by atoms with van der Waals surface area (Å²) in [4.78, 5) is 26.9. The van der Waals surface area contributed by atoms with Crippen LogP contribution in [0.5, 0.6) is 0 Å². The van der Waals surface area contributed by atoms with Gasteiger partial charge in [0.15, 0.2) is 16.8 Å². The molecule has 0 fully saturated rings. The molecule has 0 saturated heterocycles. The lowest BCUT2D eigenvalue weighted by Crippen LogP contribution is -2.27. The number of halogens is 2. The first-order valence-corrected chi connectivity index (χ1v) is 7.23. The third-order valence-electron chi connectivity index (χ3n) is 2.81. The minimum absolute atomic E-state index is 0.142. The minimum atomic E-state index is -0.972. The summed E-state index contributed by atoms with van der Waals surface area (Å²) in [6.45, 7) is 2.98. The summed E-state index contributed by atoms with van der Waals surface area (Å²) in [7, 11) is 0. The molecule has 116 valence electrons. The van der Waals surface area contributed by atoms with Crippen LogP contribution in [0, 0.1) is 11.6 Å². The van der Waals surface area contributed by atoms with Crippen molar-refractivity contribution in [2.75, 3.05) is 5.32 Å². The molecule has 1 aromatic heterocycles. The minimum Gasteiger partial charge on any atom is -0.344 e. The van der Waals surface area contributed by atoms with E-state index in [-0.39, 0.29) is 11.6 Å². The van der Waals surface area contributed by atoms with Crippen LogP contribution in [0.25, 0.3) is 0 Å². The van der Waals surface area contributed by atoms with E-state index < -0.39 is 23.6 Å². The Kier molecular flexibility index (Phi) is 4.81. The monoisotopic (exact) mass is 325 g/mol. The van der Waals surface area contributed by atoms with Gasteiger partial charge in [0.25, 0.3) is 5.91 Å². The summed E-state index contributed by atoms with van der Waals surface area (Å²) >= 11 is 1.12. The molecule has 1 heterocycles. The SMILES string of the molecule is CC(=O)Nc1nc(C(=O)N[C@@H](C)c2ccc(F)c(F)c2)cs1. The van der Waals surface area contributed by atoms with Gasteiger partial charge in [-0.05, 0) is 24.6 Å². The second-order valence-electron chi connectivity index (χ2n) is 4.59. The van der Waals surface area contributed by atoms with Gasteiger partial charge >= 0.3 is 0 Å². The van der Waals surface area contributed by atoms with Crippen molar-refractivity contribution in [3.8, 4) is 0 Å². The lowest BCUT2D eigenvalue weighted by Gasteiger charge is -2.13. The molecule has 1 atom stereocenters. The van der Waals surface area contributed by atoms with Crippen LogP contribution >= 0.6 is 11.3 Å². The summed E-state index contributed by atoms with van der Waals surface area (Å²) < 4.78 is 26.1. The number of hydrogen-bond acceptors (Lipinski definition) is 4. The van der Waals surface area contributed by atoms with Crippen molar-refractivity contribution in [1.29, 1.82) is 0 Å². The first-order chi connectivity index (χ1) is 10.4. The fourth-order valence-electron chi connectivity index (χ4n) is 1.72. The molecule has 0 aliphatic rings. The number of benzene rings is 1. The third-order valence-corrected chi connectivity index (χ3v) is 3.57. The summed E-state index contributed by atoms with van der Waals surface area (Å²) in [5.74, 6) is -2.66. The van der Waals surface area contributed by atoms with Gasteiger partial charge < -0.3 is 10.6 Å². The number of nitrogens with zero attached hydrogens (tertiary/aromatic N) is 1. The molecule has 2 N–H and O–H groups in total. The van der Waals surface area contributed by atoms with Crippen molar-refractivity contribution < 1.29 is 18.4 Å². The predicted molar refractivity (Wildman–Crippen MR) is 78.7 cm³/mol. The Morgan fingerprint density at radius 1 is 1.27 bits per heavy atom. The summed E-state index contributed by atoms with van der Waals surface area (Å²) in [5.41, 5.74) is 0.577. The van der Waals surface area contributed by atoms with Crippen molar-refractivity contribution in [1.82, 2.24) is 10.3 Å². The first kappa shape index (κ1) is 16.0. The van der Waals surface area contributed by atoms with Crippen LogP contribution in [-0.4, -0.2) is 16.8 Å². The molecule has 0 spiro atoms. The van der Waals surface area contributed by atoms with Crippen LogP contribution in [0.15, 0.2) is 23.6 Å². The highest BCUT2D eigenvalue weighted by Crippen LogP contribution is 2.18. The zero-order chi connectivity index (χ0) is 16.3. The standard InChI is InChI=1S/C14H13F2N3O2S/c1-7(9-3-4-10(15)11(16)5-9)17-13(21)12-6-22-14(19-12)18-8(2)20/h3-7H,1-2H3,(H,17,21)(H,18,19,20)/t7-/m0/s1. The van der Waals surface area contributed by atoms with Crippen LogP contribution in [0.1, 0.15) is 35.9 Å². The number of nitrogens with one attached hydrogen (secondary N) is 2. The maximum Gasteiger partial charge on any atom is 0.271 e. The van der Waals surface area contributed by atoms with E-state index in [2.05, 4.69) is 15.6 Å². The zero-order valence-electron chi connectivity index (χ0n) is 11.8. The molecule has 0 aliphatic carbocycles. The van der Waals surface area contributed by atoms with Crippen LogP contribution in [0.4, 0.5) is 13.9 Å². The van der Waals surface area contributed by atoms with Gasteiger partial charge in [-0.1, -0.05) is 6.07 Å². The van der Waals surface area contributed by atoms with Crippen LogP contribution in [-0.2, 0) is 4.79 Å². The van der Waals surface area contributed by atoms with E-state index >= 15 is 0 Å². The molecule has 1 aromatic carbocycles. The lowest BCUT2D eigenvalue weighted by atomic mass is 10.1. The van der Waals surface area contributed by atoms with Gasteiger partial charge in [-0.15, -0.1) is 11.3 Å². The molecule has 0 aliphatic heterocycles. The zero-order valence-corrected chi connectivity index (χ0v) is 12.6. The Hall–Kier alpha value is -2.35. The normalized spacial score (nSPS) is 11.8. The van der Waals surface area contributed by atoms with Crippen LogP contribution in [0.2, 0.25) is 0 Å². The number of rotatable bonds is 4. The van der Waals surface area contributed by atoms with Crippen molar-refractivity contribution >= 4 is 28.3 Å². The van der Waals surface area contributed by atoms with E-state index in [1.54, 1.807) is 6.92 Å². The number of anilines is 1. The second-order valence-corrected chi connectivity index (χ2v) is 5.45. The largest absolute Gasteiger partial charge is 0.344 e. The topological polar surface area (TPSA) is 71.1 Å². The molecule has 0 saturated carbocycles. The van der Waals surface area contributed by atoms with Gasteiger partial charge in [-0.2, -0.15) is 0 Å². The Labute approximate surface area is 129 Å². The number of hydrogen-bond donors (Lipinski definition) is 2. The molecule has 2 aromatic rings. The average Bonchev–Trinajstić information content (AvgIpc) is 2.89. The second kappa shape index (κ2) is 6.61. The number of thiazole rings is 1. The summed E-state index contributed by atoms with van der Waals surface area (Å²) in [6.07, 6.45) is 0. The Morgan fingerprint density at radius 3 is 2.64 bits per heavy atom. The molecule has 0 radical (unpaired) electrons. The number of amides is 2. The molecule has 8 heteroatoms. The van der Waals surface area contributed by atoms with E-state index in [4.69, 9.17) is 0 Å². The van der Waals surface area contributed by atoms with Gasteiger partial charge in [0.1, 0.15) is 5.69 Å². The fraction of sp³-hybridized carbons (Fsp3) is 0.214. The van der Waals surface area contributed by atoms with Crippen LogP contribution in [0.3, 0.4) is 0 Å². The Bertz CT molecular complexity index is 718. The quantitative estimate of drug-likeness (QED) is 0.908. The Balaban J connectivity index is 2.05. The highest BCUT2D eigenvalue weighted by molar-refractivity contribution is 7.14. The predicted octanol–water partition coefficient (Wildman–Crippen LogP) is 2.87. The highest BCUT2D eigenvalue weighted by atomic mass is 32.1. The van der Waals surface area contributed by atoms with Gasteiger partial charge in [0.05, 0.1) is 6.04 Å². The van der Waals surface area contributed by atoms with Crippen molar-refractivity contribution in [3.63, 3.8) is 0 Å². The highest BCUT2D eigenvalue weighted by Gasteiger charge is 2.16. The number of carbonyl (C=O) groups is 2. The van der Waals surface area contributed by atoms with Crippen molar-refractivity contribution in [2.24, 2.45) is 0 Å². The summed E-state index contributed by atoms with van der Waals surface area (Å²) in [5, 5.41) is 6.92. The first-order valence-electron chi connectivity index (χ1n) is 6.35. The van der Waals surface area contributed by atoms with Crippen molar-refractivity contribution in [3.05, 3.63) is 46.5 Å². The maximum atomic E-state index is 13.2. The van der Waals surface area contributed by atoms with Crippen molar-refractivity contribution in [2.45, 2.75) is 19.9 Å². The molecular formula is C14H13F2N3O2S. The number of carbonyl (C=O) groups excluding carboxylic acids is 2. The molecule has 22 heavy (non-hydrogen) atoms. The average molecular weight is 325 g/mol. The van der Waals surface area contributed by atoms with Crippen LogP contribution < -0.4 is 10.6 Å². The smallest absolute Gasteiger partial charge is 0.271 e. The maximum absolute atomic E-state index is 13.2. The van der Waals surface area contributed by atoms with E-state index in [1.807, 2.05) is 0 Å². The van der Waals surface area contributed by atoms with Gasteiger partial charge in [-0.3, -0.25) is 9.59 Å². The summed E-state index contributed by atoms with van der Waals surface area (Å²) in [6, 6.07) is 2.91. The van der Waals surface area contributed by atoms with E-state index in [0.29, 0.717) is 10.7 Å². The van der Waals surface area contributed by atoms with Gasteiger partial charge in [-0.25, -0.2) is 13.8 Å². The number of aromatic nitrogens is 1. The van der Waals surface area contributed by atoms with E-state index in [1.165, 1.54) is 18.4 Å². The van der Waals surface area contributed by atoms with E-state index in [0.717, 1.165) is 23.5 Å². The fourth-order valence-corrected chi connectivity index (χ4v) is 2.46. The molecule has 5 nitrogen and oxygen atoms in total. The molecule has 2 amide bonds.